The van der Waals surface area contributed by atoms with Gasteiger partial charge in [0.15, 0.2) is 5.41 Å². The van der Waals surface area contributed by atoms with E-state index in [0.29, 0.717) is 24.5 Å². The van der Waals surface area contributed by atoms with Crippen LogP contribution in [0.5, 0.6) is 11.5 Å². The average molecular weight is 389 g/mol. The number of carboxylic acids is 1. The minimum atomic E-state index is -4.90. The van der Waals surface area contributed by atoms with Crippen molar-refractivity contribution in [3.05, 3.63) is 24.3 Å². The van der Waals surface area contributed by atoms with E-state index in [4.69, 9.17) is 14.6 Å². The van der Waals surface area contributed by atoms with Crippen LogP contribution in [0.15, 0.2) is 24.3 Å². The van der Waals surface area contributed by atoms with Crippen LogP contribution >= 0.6 is 0 Å². The second-order valence-corrected chi connectivity index (χ2v) is 6.31. The van der Waals surface area contributed by atoms with Gasteiger partial charge in [0, 0.05) is 19.5 Å². The first-order valence-electron chi connectivity index (χ1n) is 8.63. The van der Waals surface area contributed by atoms with E-state index in [1.807, 2.05) is 6.92 Å². The predicted molar refractivity (Wildman–Crippen MR) is 89.7 cm³/mol. The summed E-state index contributed by atoms with van der Waals surface area (Å²) in [7, 11) is 0. The number of carbonyl (C=O) groups excluding carboxylic acids is 1. The second kappa shape index (κ2) is 8.49. The van der Waals surface area contributed by atoms with E-state index in [9.17, 15) is 22.8 Å². The molecule has 6 nitrogen and oxygen atoms in total. The first-order valence-corrected chi connectivity index (χ1v) is 8.63. The number of hydrogen-bond donors (Lipinski definition) is 1. The van der Waals surface area contributed by atoms with Crippen molar-refractivity contribution in [1.82, 2.24) is 4.90 Å². The zero-order valence-corrected chi connectivity index (χ0v) is 14.9. The van der Waals surface area contributed by atoms with E-state index in [1.165, 1.54) is 0 Å². The average Bonchev–Trinajstić information content (AvgIpc) is 3.07. The Morgan fingerprint density at radius 3 is 2.26 bits per heavy atom. The maximum absolute atomic E-state index is 13.1. The number of hydrogen-bond acceptors (Lipinski definition) is 4. The van der Waals surface area contributed by atoms with Crippen molar-refractivity contribution >= 4 is 11.9 Å². The van der Waals surface area contributed by atoms with Gasteiger partial charge in [-0.05, 0) is 44.0 Å². The standard InChI is InChI=1S/C18H22F3NO5/c1-2-26-13-5-7-14(8-6-13)27-11-3-4-15(23)22-10-9-17(12-22,16(24)25)18(19,20)21/h5-8H,2-4,9-12H2,1H3,(H,24,25). The fourth-order valence-electron chi connectivity index (χ4n) is 2.92. The molecule has 0 bridgehead atoms. The van der Waals surface area contributed by atoms with Gasteiger partial charge in [0.1, 0.15) is 11.5 Å². The Kier molecular flexibility index (Phi) is 6.56. The number of rotatable bonds is 8. The van der Waals surface area contributed by atoms with Crippen LogP contribution in [0.4, 0.5) is 13.2 Å². The zero-order valence-electron chi connectivity index (χ0n) is 14.9. The lowest BCUT2D eigenvalue weighted by Crippen LogP contribution is -2.47. The smallest absolute Gasteiger partial charge is 0.406 e. The lowest BCUT2D eigenvalue weighted by molar-refractivity contribution is -0.227. The second-order valence-electron chi connectivity index (χ2n) is 6.31. The van der Waals surface area contributed by atoms with Crippen LogP contribution in [0.1, 0.15) is 26.2 Å². The zero-order chi connectivity index (χ0) is 20.1. The Labute approximate surface area is 154 Å². The summed E-state index contributed by atoms with van der Waals surface area (Å²) >= 11 is 0. The topological polar surface area (TPSA) is 76.1 Å². The Bertz CT molecular complexity index is 662. The molecule has 1 aliphatic heterocycles. The third-order valence-electron chi connectivity index (χ3n) is 4.51. The molecule has 1 unspecified atom stereocenters. The summed E-state index contributed by atoms with van der Waals surface area (Å²) in [6.07, 6.45) is -5.22. The van der Waals surface area contributed by atoms with Crippen LogP contribution in [-0.2, 0) is 9.59 Å². The largest absolute Gasteiger partial charge is 0.494 e. The summed E-state index contributed by atoms with van der Waals surface area (Å²) < 4.78 is 50.2. The number of benzene rings is 1. The fourth-order valence-corrected chi connectivity index (χ4v) is 2.92. The number of carboxylic acid groups (broad SMARTS) is 1. The molecule has 1 N–H and O–H groups in total. The number of likely N-dealkylation sites (tertiary alicyclic amines) is 1. The highest BCUT2D eigenvalue weighted by Crippen LogP contribution is 2.45. The van der Waals surface area contributed by atoms with Gasteiger partial charge < -0.3 is 19.5 Å². The van der Waals surface area contributed by atoms with Crippen LogP contribution < -0.4 is 9.47 Å². The Morgan fingerprint density at radius 1 is 1.19 bits per heavy atom. The van der Waals surface area contributed by atoms with E-state index in [0.717, 1.165) is 4.90 Å². The van der Waals surface area contributed by atoms with E-state index in [2.05, 4.69) is 0 Å². The first-order chi connectivity index (χ1) is 12.7. The number of carbonyl (C=O) groups is 2. The first kappa shape index (κ1) is 20.9. The molecule has 1 heterocycles. The van der Waals surface area contributed by atoms with Crippen LogP contribution in [0.25, 0.3) is 0 Å². The van der Waals surface area contributed by atoms with Crippen molar-refractivity contribution in [1.29, 1.82) is 0 Å². The lowest BCUT2D eigenvalue weighted by atomic mass is 9.86. The van der Waals surface area contributed by atoms with Crippen LogP contribution in [-0.4, -0.2) is 54.4 Å². The van der Waals surface area contributed by atoms with Gasteiger partial charge in [-0.3, -0.25) is 9.59 Å². The molecule has 0 saturated carbocycles. The highest BCUT2D eigenvalue weighted by atomic mass is 19.4. The molecule has 2 rings (SSSR count). The number of aliphatic carboxylic acids is 1. The molecular formula is C18H22F3NO5. The van der Waals surface area contributed by atoms with Gasteiger partial charge in [0.25, 0.3) is 0 Å². The molecule has 0 spiro atoms. The number of amides is 1. The normalized spacial score (nSPS) is 19.8. The highest BCUT2D eigenvalue weighted by molar-refractivity contribution is 5.81. The molecular weight excluding hydrogens is 367 g/mol. The quantitative estimate of drug-likeness (QED) is 0.692. The van der Waals surface area contributed by atoms with Gasteiger partial charge >= 0.3 is 12.1 Å². The maximum atomic E-state index is 13.1. The SMILES string of the molecule is CCOc1ccc(OCCCC(=O)N2CCC(C(=O)O)(C(F)(F)F)C2)cc1. The maximum Gasteiger partial charge on any atom is 0.406 e. The molecule has 0 aromatic heterocycles. The van der Waals surface area contributed by atoms with Crippen LogP contribution in [0, 0.1) is 5.41 Å². The van der Waals surface area contributed by atoms with E-state index >= 15 is 0 Å². The van der Waals surface area contributed by atoms with E-state index < -0.39 is 36.4 Å². The fraction of sp³-hybridized carbons (Fsp3) is 0.556. The Hall–Kier alpha value is -2.45. The van der Waals surface area contributed by atoms with E-state index in [-0.39, 0.29) is 19.6 Å². The Morgan fingerprint density at radius 2 is 1.78 bits per heavy atom. The molecule has 0 aliphatic carbocycles. The molecule has 1 aliphatic rings. The number of ether oxygens (including phenoxy) is 2. The lowest BCUT2D eigenvalue weighted by Gasteiger charge is -2.27. The molecule has 1 aromatic rings. The minimum Gasteiger partial charge on any atom is -0.494 e. The number of halogens is 3. The number of nitrogens with zero attached hydrogens (tertiary/aromatic N) is 1. The van der Waals surface area contributed by atoms with E-state index in [1.54, 1.807) is 24.3 Å². The molecule has 1 amide bonds. The summed E-state index contributed by atoms with van der Waals surface area (Å²) in [4.78, 5) is 24.2. The molecule has 1 aromatic carbocycles. The van der Waals surface area contributed by atoms with Gasteiger partial charge in [-0.2, -0.15) is 13.2 Å². The predicted octanol–water partition coefficient (Wildman–Crippen LogP) is 3.11. The Balaban J connectivity index is 1.79. The van der Waals surface area contributed by atoms with Crippen molar-refractivity contribution in [2.75, 3.05) is 26.3 Å². The van der Waals surface area contributed by atoms with Gasteiger partial charge in [0.05, 0.1) is 13.2 Å². The molecule has 27 heavy (non-hydrogen) atoms. The van der Waals surface area contributed by atoms with Gasteiger partial charge in [-0.1, -0.05) is 0 Å². The van der Waals surface area contributed by atoms with Crippen molar-refractivity contribution in [2.45, 2.75) is 32.4 Å². The van der Waals surface area contributed by atoms with Crippen molar-refractivity contribution in [3.8, 4) is 11.5 Å². The molecule has 1 atom stereocenters. The van der Waals surface area contributed by atoms with Crippen molar-refractivity contribution in [3.63, 3.8) is 0 Å². The third kappa shape index (κ3) is 4.84. The summed E-state index contributed by atoms with van der Waals surface area (Å²) in [5, 5.41) is 9.01. The summed E-state index contributed by atoms with van der Waals surface area (Å²) in [5.74, 6) is -1.14. The summed E-state index contributed by atoms with van der Waals surface area (Å²) in [6, 6.07) is 6.93. The minimum absolute atomic E-state index is 0.00934. The van der Waals surface area contributed by atoms with Gasteiger partial charge in [0.2, 0.25) is 5.91 Å². The van der Waals surface area contributed by atoms with Crippen molar-refractivity contribution < 1.29 is 37.3 Å². The summed E-state index contributed by atoms with van der Waals surface area (Å²) in [5.41, 5.74) is -2.87. The molecule has 150 valence electrons. The van der Waals surface area contributed by atoms with Gasteiger partial charge in [-0.25, -0.2) is 0 Å². The third-order valence-corrected chi connectivity index (χ3v) is 4.51. The molecule has 0 radical (unpaired) electrons. The number of alkyl halides is 3. The van der Waals surface area contributed by atoms with Crippen LogP contribution in [0.2, 0.25) is 0 Å². The molecule has 1 saturated heterocycles. The monoisotopic (exact) mass is 389 g/mol. The van der Waals surface area contributed by atoms with Crippen LogP contribution in [0.3, 0.4) is 0 Å². The molecule has 1 fully saturated rings. The molecule has 9 heteroatoms. The summed E-state index contributed by atoms with van der Waals surface area (Å²) in [6.45, 7) is 1.58. The highest BCUT2D eigenvalue weighted by Gasteiger charge is 2.64. The van der Waals surface area contributed by atoms with Crippen molar-refractivity contribution in [2.24, 2.45) is 5.41 Å². The van der Waals surface area contributed by atoms with Gasteiger partial charge in [-0.15, -0.1) is 0 Å².